The standard InChI is InChI=1S/C24H18F9NO9S3/c1-15-2-5-20(12-17(15)14-42-45(37,38)23(28,29)30)34(19-8-10-21(11-9-19)43-46(39,40)24(31,32)33)18-6-3-16(4-7-18)13-41-44(35,36)22(25,26)27/h2-12H,13-14H2,1H3. The summed E-state index contributed by atoms with van der Waals surface area (Å²) < 4.78 is 194. The number of hydrogen-bond donors (Lipinski definition) is 0. The molecule has 254 valence electrons. The van der Waals surface area contributed by atoms with E-state index in [0.717, 1.165) is 36.4 Å². The van der Waals surface area contributed by atoms with Crippen LogP contribution in [0.4, 0.5) is 56.6 Å². The van der Waals surface area contributed by atoms with Crippen molar-refractivity contribution in [3.63, 3.8) is 0 Å². The molecular formula is C24H18F9NO9S3. The van der Waals surface area contributed by atoms with Crippen molar-refractivity contribution >= 4 is 47.4 Å². The minimum atomic E-state index is -6.04. The fourth-order valence-electron chi connectivity index (χ4n) is 3.39. The number of hydrogen-bond acceptors (Lipinski definition) is 10. The molecule has 22 heteroatoms. The lowest BCUT2D eigenvalue weighted by atomic mass is 10.1. The molecule has 0 aliphatic rings. The van der Waals surface area contributed by atoms with E-state index in [1.54, 1.807) is 0 Å². The van der Waals surface area contributed by atoms with E-state index in [-0.39, 0.29) is 33.8 Å². The molecule has 0 aromatic heterocycles. The number of anilines is 3. The van der Waals surface area contributed by atoms with Gasteiger partial charge in [0.25, 0.3) is 0 Å². The Morgan fingerprint density at radius 1 is 0.565 bits per heavy atom. The van der Waals surface area contributed by atoms with Gasteiger partial charge in [0.05, 0.1) is 13.2 Å². The van der Waals surface area contributed by atoms with Crippen molar-refractivity contribution in [3.8, 4) is 5.75 Å². The van der Waals surface area contributed by atoms with E-state index in [1.807, 2.05) is 0 Å². The Labute approximate surface area is 255 Å². The predicted octanol–water partition coefficient (Wildman–Crippen LogP) is 6.43. The van der Waals surface area contributed by atoms with Crippen LogP contribution >= 0.6 is 0 Å². The lowest BCUT2D eigenvalue weighted by Crippen LogP contribution is -2.28. The first-order valence-electron chi connectivity index (χ1n) is 11.9. The molecule has 0 radical (unpaired) electrons. The molecule has 3 aromatic carbocycles. The maximum Gasteiger partial charge on any atom is 0.534 e. The van der Waals surface area contributed by atoms with E-state index in [1.165, 1.54) is 42.2 Å². The monoisotopic (exact) mass is 731 g/mol. The van der Waals surface area contributed by atoms with Crippen molar-refractivity contribution in [1.82, 2.24) is 0 Å². The van der Waals surface area contributed by atoms with Crippen LogP contribution < -0.4 is 9.08 Å². The van der Waals surface area contributed by atoms with Gasteiger partial charge in [-0.3, -0.25) is 8.37 Å². The van der Waals surface area contributed by atoms with E-state index in [0.29, 0.717) is 0 Å². The molecule has 0 spiro atoms. The highest BCUT2D eigenvalue weighted by molar-refractivity contribution is 7.88. The third kappa shape index (κ3) is 8.60. The van der Waals surface area contributed by atoms with Crippen molar-refractivity contribution in [2.24, 2.45) is 0 Å². The molecule has 0 unspecified atom stereocenters. The molecule has 0 heterocycles. The van der Waals surface area contributed by atoms with E-state index in [9.17, 15) is 64.8 Å². The normalized spacial score (nSPS) is 13.4. The summed E-state index contributed by atoms with van der Waals surface area (Å²) in [5, 5.41) is 0. The summed E-state index contributed by atoms with van der Waals surface area (Å²) in [6.45, 7) is -0.715. The molecule has 0 aliphatic heterocycles. The van der Waals surface area contributed by atoms with Gasteiger partial charge in [-0.05, 0) is 72.1 Å². The van der Waals surface area contributed by atoms with Crippen molar-refractivity contribution < 1.29 is 77.3 Å². The van der Waals surface area contributed by atoms with Crippen LogP contribution in [0.25, 0.3) is 0 Å². The lowest BCUT2D eigenvalue weighted by molar-refractivity contribution is -0.0552. The van der Waals surface area contributed by atoms with Crippen molar-refractivity contribution in [2.75, 3.05) is 4.90 Å². The summed E-state index contributed by atoms with van der Waals surface area (Å²) in [7, 11) is -18.0. The molecule has 0 atom stereocenters. The average Bonchev–Trinajstić information content (AvgIpc) is 2.92. The Kier molecular flexibility index (Phi) is 10.3. The highest BCUT2D eigenvalue weighted by Crippen LogP contribution is 2.38. The highest BCUT2D eigenvalue weighted by atomic mass is 32.2. The Balaban J connectivity index is 2.04. The van der Waals surface area contributed by atoms with Gasteiger partial charge < -0.3 is 9.08 Å². The van der Waals surface area contributed by atoms with E-state index < -0.39 is 65.8 Å². The van der Waals surface area contributed by atoms with Gasteiger partial charge in [-0.15, -0.1) is 0 Å². The molecule has 0 N–H and O–H groups in total. The van der Waals surface area contributed by atoms with Gasteiger partial charge in [-0.1, -0.05) is 18.2 Å². The third-order valence-corrected chi connectivity index (χ3v) is 8.66. The summed E-state index contributed by atoms with van der Waals surface area (Å²) >= 11 is 0. The number of halogens is 9. The Morgan fingerprint density at radius 2 is 0.978 bits per heavy atom. The summed E-state index contributed by atoms with van der Waals surface area (Å²) in [6, 6.07) is 12.4. The smallest absolute Gasteiger partial charge is 0.376 e. The van der Waals surface area contributed by atoms with Crippen molar-refractivity contribution in [1.29, 1.82) is 0 Å². The van der Waals surface area contributed by atoms with Gasteiger partial charge in [0.15, 0.2) is 0 Å². The van der Waals surface area contributed by atoms with Crippen LogP contribution in [0, 0.1) is 6.92 Å². The van der Waals surface area contributed by atoms with Crippen LogP contribution in [0.15, 0.2) is 66.7 Å². The first-order chi connectivity index (χ1) is 20.8. The molecule has 0 aliphatic carbocycles. The van der Waals surface area contributed by atoms with Crippen molar-refractivity contribution in [2.45, 2.75) is 36.7 Å². The fourth-order valence-corrected chi connectivity index (χ4v) is 4.69. The van der Waals surface area contributed by atoms with E-state index >= 15 is 0 Å². The molecule has 0 saturated carbocycles. The number of alkyl halides is 9. The third-order valence-electron chi connectivity index (χ3n) is 5.69. The number of rotatable bonds is 11. The predicted molar refractivity (Wildman–Crippen MR) is 141 cm³/mol. The van der Waals surface area contributed by atoms with Gasteiger partial charge in [-0.2, -0.15) is 64.8 Å². The zero-order valence-corrected chi connectivity index (χ0v) is 25.0. The molecule has 0 saturated heterocycles. The van der Waals surface area contributed by atoms with Gasteiger partial charge in [-0.25, -0.2) is 0 Å². The minimum absolute atomic E-state index is 0.0408. The second-order valence-corrected chi connectivity index (χ2v) is 13.7. The maximum atomic E-state index is 12.8. The van der Waals surface area contributed by atoms with Crippen LogP contribution in [0.3, 0.4) is 0 Å². The first-order valence-corrected chi connectivity index (χ1v) is 16.1. The first kappa shape index (κ1) is 36.9. The quantitative estimate of drug-likeness (QED) is 0.124. The van der Waals surface area contributed by atoms with Gasteiger partial charge >= 0.3 is 46.9 Å². The molecule has 3 rings (SSSR count). The topological polar surface area (TPSA) is 133 Å². The zero-order valence-electron chi connectivity index (χ0n) is 22.5. The van der Waals surface area contributed by atoms with Crippen molar-refractivity contribution in [3.05, 3.63) is 83.4 Å². The lowest BCUT2D eigenvalue weighted by Gasteiger charge is -2.27. The molecule has 3 aromatic rings. The Morgan fingerprint density at radius 3 is 1.43 bits per heavy atom. The minimum Gasteiger partial charge on any atom is -0.376 e. The average molecular weight is 732 g/mol. The second kappa shape index (κ2) is 12.9. The fraction of sp³-hybridized carbons (Fsp3) is 0.250. The van der Waals surface area contributed by atoms with Gasteiger partial charge in [0.1, 0.15) is 5.75 Å². The number of nitrogens with zero attached hydrogens (tertiary/aromatic N) is 1. The number of benzene rings is 3. The van der Waals surface area contributed by atoms with E-state index in [2.05, 4.69) is 12.5 Å². The summed E-state index contributed by atoms with van der Waals surface area (Å²) in [5.74, 6) is -0.769. The van der Waals surface area contributed by atoms with Gasteiger partial charge in [0.2, 0.25) is 0 Å². The van der Waals surface area contributed by atoms with E-state index in [4.69, 9.17) is 0 Å². The molecule has 0 fully saturated rings. The largest absolute Gasteiger partial charge is 0.534 e. The Bertz CT molecular complexity index is 1870. The van der Waals surface area contributed by atoms with Crippen LogP contribution in [-0.2, 0) is 51.9 Å². The number of aryl methyl sites for hydroxylation is 1. The molecule has 0 amide bonds. The van der Waals surface area contributed by atoms with Crippen LogP contribution in [0.1, 0.15) is 16.7 Å². The summed E-state index contributed by atoms with van der Waals surface area (Å²) in [4.78, 5) is 1.26. The van der Waals surface area contributed by atoms with Crippen LogP contribution in [-0.4, -0.2) is 41.8 Å². The van der Waals surface area contributed by atoms with Crippen LogP contribution in [0.5, 0.6) is 5.75 Å². The maximum absolute atomic E-state index is 12.8. The highest BCUT2D eigenvalue weighted by Gasteiger charge is 2.49. The summed E-state index contributed by atoms with van der Waals surface area (Å²) in [6.07, 6.45) is 0. The molecule has 0 bridgehead atoms. The molecule has 10 nitrogen and oxygen atoms in total. The zero-order chi connectivity index (χ0) is 34.9. The van der Waals surface area contributed by atoms with Crippen LogP contribution in [0.2, 0.25) is 0 Å². The Hall–Kier alpha value is -3.60. The second-order valence-electron chi connectivity index (χ2n) is 8.91. The molecule has 46 heavy (non-hydrogen) atoms. The van der Waals surface area contributed by atoms with Gasteiger partial charge in [0, 0.05) is 17.1 Å². The molecular weight excluding hydrogens is 713 g/mol. The summed E-state index contributed by atoms with van der Waals surface area (Å²) in [5.41, 5.74) is -16.8. The SMILES string of the molecule is Cc1ccc(N(c2ccc(COS(=O)(=O)C(F)(F)F)cc2)c2ccc(OS(=O)(=O)C(F)(F)F)cc2)cc1COS(=O)(=O)C(F)(F)F.